The van der Waals surface area contributed by atoms with Crippen LogP contribution in [0.3, 0.4) is 0 Å². The van der Waals surface area contributed by atoms with Gasteiger partial charge < -0.3 is 15.5 Å². The lowest BCUT2D eigenvalue weighted by molar-refractivity contribution is 0.0938. The van der Waals surface area contributed by atoms with Gasteiger partial charge in [-0.2, -0.15) is 0 Å². The van der Waals surface area contributed by atoms with Crippen LogP contribution in [0.4, 0.5) is 5.13 Å². The van der Waals surface area contributed by atoms with Crippen molar-refractivity contribution in [1.82, 2.24) is 15.3 Å². The van der Waals surface area contributed by atoms with E-state index in [9.17, 15) is 4.79 Å². The zero-order chi connectivity index (χ0) is 19.8. The van der Waals surface area contributed by atoms with E-state index >= 15 is 0 Å². The standard InChI is InChI=1S/C21H18N4O2S2/c22-21-24-14-9-8-13(11-16(14)28-21)23-19(26)18-17(12-5-2-1-3-6-12)25-20(29-18)15-7-4-10-27-15/h1-7,10,13H,8-9,11H2,(H2,22,24)(H,23,26)/t13-/m0/s1. The molecule has 0 bridgehead atoms. The molecule has 0 radical (unpaired) electrons. The number of anilines is 1. The van der Waals surface area contributed by atoms with E-state index < -0.39 is 0 Å². The number of hydrogen-bond donors (Lipinski definition) is 2. The molecule has 1 aliphatic rings. The van der Waals surface area contributed by atoms with E-state index in [2.05, 4.69) is 10.3 Å². The van der Waals surface area contributed by atoms with Gasteiger partial charge in [0.05, 0.1) is 17.7 Å². The first-order chi connectivity index (χ1) is 14.2. The van der Waals surface area contributed by atoms with Crippen LogP contribution in [0.15, 0.2) is 53.1 Å². The Labute approximate surface area is 175 Å². The third-order valence-electron chi connectivity index (χ3n) is 4.90. The van der Waals surface area contributed by atoms with E-state index in [0.717, 1.165) is 30.5 Å². The molecular weight excluding hydrogens is 404 g/mol. The molecule has 8 heteroatoms. The minimum atomic E-state index is -0.106. The number of carbonyl (C=O) groups excluding carboxylic acids is 1. The SMILES string of the molecule is Nc1nc2c(s1)C[C@@H](NC(=O)c1sc(-c3ccco3)nc1-c1ccccc1)CC2. The van der Waals surface area contributed by atoms with E-state index in [1.165, 1.54) is 27.6 Å². The Morgan fingerprint density at radius 1 is 1.14 bits per heavy atom. The summed E-state index contributed by atoms with van der Waals surface area (Å²) in [6.07, 6.45) is 4.06. The summed E-state index contributed by atoms with van der Waals surface area (Å²) in [7, 11) is 0. The molecule has 1 aromatic carbocycles. The van der Waals surface area contributed by atoms with Gasteiger partial charge in [-0.1, -0.05) is 30.3 Å². The highest BCUT2D eigenvalue weighted by Gasteiger charge is 2.27. The minimum absolute atomic E-state index is 0.0626. The highest BCUT2D eigenvalue weighted by molar-refractivity contribution is 7.17. The van der Waals surface area contributed by atoms with Crippen LogP contribution in [0.25, 0.3) is 22.0 Å². The fourth-order valence-electron chi connectivity index (χ4n) is 3.54. The average Bonchev–Trinajstić information content (AvgIpc) is 3.46. The molecule has 6 nitrogen and oxygen atoms in total. The zero-order valence-corrected chi connectivity index (χ0v) is 17.1. The van der Waals surface area contributed by atoms with Crippen LogP contribution < -0.4 is 11.1 Å². The number of fused-ring (bicyclic) bond motifs is 1. The number of hydrogen-bond acceptors (Lipinski definition) is 7. The normalized spacial score (nSPS) is 15.8. The Kier molecular flexibility index (Phi) is 4.65. The van der Waals surface area contributed by atoms with Crippen LogP contribution in [0.2, 0.25) is 0 Å². The van der Waals surface area contributed by atoms with Crippen molar-refractivity contribution in [1.29, 1.82) is 0 Å². The predicted molar refractivity (Wildman–Crippen MR) is 115 cm³/mol. The lowest BCUT2D eigenvalue weighted by Gasteiger charge is -2.22. The summed E-state index contributed by atoms with van der Waals surface area (Å²) in [5.74, 6) is 0.554. The van der Waals surface area contributed by atoms with Crippen molar-refractivity contribution in [2.24, 2.45) is 0 Å². The van der Waals surface area contributed by atoms with Crippen molar-refractivity contribution in [2.45, 2.75) is 25.3 Å². The van der Waals surface area contributed by atoms with Gasteiger partial charge in [0, 0.05) is 22.9 Å². The smallest absolute Gasteiger partial charge is 0.263 e. The summed E-state index contributed by atoms with van der Waals surface area (Å²) in [6.45, 7) is 0. The number of carbonyl (C=O) groups is 1. The van der Waals surface area contributed by atoms with Crippen LogP contribution in [0.5, 0.6) is 0 Å². The summed E-state index contributed by atoms with van der Waals surface area (Å²) in [5, 5.41) is 4.48. The molecule has 146 valence electrons. The summed E-state index contributed by atoms with van der Waals surface area (Å²) in [5.41, 5.74) is 8.49. The summed E-state index contributed by atoms with van der Waals surface area (Å²) in [6, 6.07) is 13.5. The number of aryl methyl sites for hydroxylation is 1. The summed E-state index contributed by atoms with van der Waals surface area (Å²) < 4.78 is 5.49. The van der Waals surface area contributed by atoms with Crippen LogP contribution in [0, 0.1) is 0 Å². The topological polar surface area (TPSA) is 94.0 Å². The van der Waals surface area contributed by atoms with Gasteiger partial charge in [-0.05, 0) is 25.0 Å². The quantitative estimate of drug-likeness (QED) is 0.508. The second-order valence-electron chi connectivity index (χ2n) is 6.88. The summed E-state index contributed by atoms with van der Waals surface area (Å²) >= 11 is 2.86. The van der Waals surface area contributed by atoms with Gasteiger partial charge in [0.1, 0.15) is 4.88 Å². The van der Waals surface area contributed by atoms with E-state index in [-0.39, 0.29) is 11.9 Å². The molecule has 0 aliphatic heterocycles. The number of aromatic nitrogens is 2. The van der Waals surface area contributed by atoms with E-state index in [1.807, 2.05) is 42.5 Å². The second-order valence-corrected chi connectivity index (χ2v) is 8.99. The molecule has 0 saturated carbocycles. The largest absolute Gasteiger partial charge is 0.462 e. The van der Waals surface area contributed by atoms with Crippen molar-refractivity contribution in [3.63, 3.8) is 0 Å². The third kappa shape index (κ3) is 3.56. The first kappa shape index (κ1) is 18.1. The molecule has 0 spiro atoms. The van der Waals surface area contributed by atoms with E-state index in [1.54, 1.807) is 6.26 Å². The first-order valence-electron chi connectivity index (χ1n) is 9.32. The molecule has 1 atom stereocenters. The molecule has 4 aromatic rings. The molecule has 3 aromatic heterocycles. The Balaban J connectivity index is 1.44. The number of amides is 1. The Hall–Kier alpha value is -2.97. The zero-order valence-electron chi connectivity index (χ0n) is 15.4. The highest BCUT2D eigenvalue weighted by atomic mass is 32.1. The number of benzene rings is 1. The molecule has 1 amide bonds. The average molecular weight is 423 g/mol. The van der Waals surface area contributed by atoms with Gasteiger partial charge >= 0.3 is 0 Å². The molecule has 5 rings (SSSR count). The van der Waals surface area contributed by atoms with Crippen molar-refractivity contribution in [2.75, 3.05) is 5.73 Å². The van der Waals surface area contributed by atoms with Crippen LogP contribution in [-0.4, -0.2) is 21.9 Å². The molecule has 0 fully saturated rings. The molecule has 0 unspecified atom stereocenters. The van der Waals surface area contributed by atoms with E-state index in [4.69, 9.17) is 15.1 Å². The van der Waals surface area contributed by atoms with Gasteiger partial charge in [-0.15, -0.1) is 22.7 Å². The molecule has 29 heavy (non-hydrogen) atoms. The Bertz CT molecular complexity index is 1150. The number of nitrogens with one attached hydrogen (secondary N) is 1. The van der Waals surface area contributed by atoms with Crippen LogP contribution in [0.1, 0.15) is 26.7 Å². The molecular formula is C21H18N4O2S2. The third-order valence-corrected chi connectivity index (χ3v) is 6.92. The van der Waals surface area contributed by atoms with E-state index in [0.29, 0.717) is 26.5 Å². The minimum Gasteiger partial charge on any atom is -0.462 e. The van der Waals surface area contributed by atoms with Gasteiger partial charge in [0.2, 0.25) is 0 Å². The number of thiazole rings is 2. The molecule has 1 aliphatic carbocycles. The number of nitrogens with two attached hydrogens (primary N) is 1. The molecule has 0 saturated heterocycles. The van der Waals surface area contributed by atoms with Crippen molar-refractivity contribution >= 4 is 33.7 Å². The fraction of sp³-hybridized carbons (Fsp3) is 0.190. The van der Waals surface area contributed by atoms with Gasteiger partial charge in [-0.3, -0.25) is 4.79 Å². The summed E-state index contributed by atoms with van der Waals surface area (Å²) in [4.78, 5) is 24.1. The monoisotopic (exact) mass is 422 g/mol. The number of nitrogen functional groups attached to an aromatic ring is 1. The molecule has 3 heterocycles. The maximum atomic E-state index is 13.2. The Morgan fingerprint density at radius 3 is 2.79 bits per heavy atom. The van der Waals surface area contributed by atoms with Crippen molar-refractivity contribution in [3.8, 4) is 22.0 Å². The molecule has 3 N–H and O–H groups in total. The Morgan fingerprint density at radius 2 is 2.00 bits per heavy atom. The number of nitrogens with zero attached hydrogens (tertiary/aromatic N) is 2. The first-order valence-corrected chi connectivity index (χ1v) is 11.0. The van der Waals surface area contributed by atoms with Crippen molar-refractivity contribution in [3.05, 3.63) is 64.2 Å². The maximum Gasteiger partial charge on any atom is 0.263 e. The highest BCUT2D eigenvalue weighted by Crippen LogP contribution is 2.35. The number of furan rings is 1. The second kappa shape index (κ2) is 7.46. The van der Waals surface area contributed by atoms with Gasteiger partial charge in [0.25, 0.3) is 5.91 Å². The lowest BCUT2D eigenvalue weighted by Crippen LogP contribution is -2.38. The van der Waals surface area contributed by atoms with Crippen LogP contribution in [-0.2, 0) is 12.8 Å². The van der Waals surface area contributed by atoms with Crippen molar-refractivity contribution < 1.29 is 9.21 Å². The lowest BCUT2D eigenvalue weighted by atomic mass is 9.97. The van der Waals surface area contributed by atoms with Gasteiger partial charge in [-0.25, -0.2) is 9.97 Å². The van der Waals surface area contributed by atoms with Crippen LogP contribution >= 0.6 is 22.7 Å². The fourth-order valence-corrected chi connectivity index (χ4v) is 5.46. The number of rotatable bonds is 4. The maximum absolute atomic E-state index is 13.2. The van der Waals surface area contributed by atoms with Gasteiger partial charge in [0.15, 0.2) is 15.9 Å². The predicted octanol–water partition coefficient (Wildman–Crippen LogP) is 4.40.